The molecule has 0 spiro atoms. The van der Waals surface area contributed by atoms with Gasteiger partial charge >= 0.3 is 0 Å². The molecule has 4 rings (SSSR count). The van der Waals surface area contributed by atoms with Gasteiger partial charge in [-0.25, -0.2) is 4.98 Å². The Labute approximate surface area is 161 Å². The zero-order chi connectivity index (χ0) is 17.8. The zero-order valence-electron chi connectivity index (χ0n) is 14.0. The average Bonchev–Trinajstić information content (AvgIpc) is 3.22. The number of thioether (sulfide) groups is 1. The fourth-order valence-corrected chi connectivity index (χ4v) is 3.89. The van der Waals surface area contributed by atoms with Gasteiger partial charge in [0.15, 0.2) is 0 Å². The number of hydrogen-bond donors (Lipinski definition) is 1. The van der Waals surface area contributed by atoms with Crippen LogP contribution in [-0.2, 0) is 4.84 Å². The number of benzene rings is 2. The summed E-state index contributed by atoms with van der Waals surface area (Å²) in [6.45, 7) is 0. The summed E-state index contributed by atoms with van der Waals surface area (Å²) in [4.78, 5) is 11.4. The zero-order valence-corrected chi connectivity index (χ0v) is 15.6. The summed E-state index contributed by atoms with van der Waals surface area (Å²) >= 11 is 7.82. The highest BCUT2D eigenvalue weighted by Gasteiger charge is 2.24. The molecule has 1 aromatic heterocycles. The summed E-state index contributed by atoms with van der Waals surface area (Å²) in [5.74, 6) is 0.864. The number of nitrogens with zero attached hydrogens (tertiary/aromatic N) is 2. The summed E-state index contributed by atoms with van der Waals surface area (Å²) in [6.07, 6.45) is 6.42. The minimum atomic E-state index is 0.0636. The Morgan fingerprint density at radius 3 is 2.69 bits per heavy atom. The second-order valence-corrected chi connectivity index (χ2v) is 7.50. The summed E-state index contributed by atoms with van der Waals surface area (Å²) < 4.78 is 2.04. The monoisotopic (exact) mass is 383 g/mol. The lowest BCUT2D eigenvalue weighted by Gasteiger charge is -2.29. The van der Waals surface area contributed by atoms with Gasteiger partial charge in [0.2, 0.25) is 0 Å². The van der Waals surface area contributed by atoms with Crippen molar-refractivity contribution >= 4 is 34.8 Å². The molecule has 4 nitrogen and oxygen atoms in total. The van der Waals surface area contributed by atoms with Crippen LogP contribution in [0.25, 0.3) is 11.4 Å². The average molecular weight is 384 g/mol. The molecule has 0 radical (unpaired) electrons. The van der Waals surface area contributed by atoms with Crippen LogP contribution in [0.15, 0.2) is 78.2 Å². The SMILES string of the molecule is Clc1ccc(C2=C(n3ccnc3)CC(CSc3ccccc3)ON2)cc1. The van der Waals surface area contributed by atoms with E-state index in [0.29, 0.717) is 5.02 Å². The molecule has 26 heavy (non-hydrogen) atoms. The molecule has 6 heteroatoms. The first-order valence-corrected chi connectivity index (χ1v) is 9.73. The highest BCUT2D eigenvalue weighted by atomic mass is 35.5. The first-order valence-electron chi connectivity index (χ1n) is 8.36. The summed E-state index contributed by atoms with van der Waals surface area (Å²) in [6, 6.07) is 18.1. The molecule has 0 fully saturated rings. The van der Waals surface area contributed by atoms with Gasteiger partial charge in [0.05, 0.1) is 17.7 Å². The second kappa shape index (κ2) is 7.99. The van der Waals surface area contributed by atoms with Crippen molar-refractivity contribution in [3.63, 3.8) is 0 Å². The highest BCUT2D eigenvalue weighted by Crippen LogP contribution is 2.31. The molecule has 0 saturated carbocycles. The van der Waals surface area contributed by atoms with Gasteiger partial charge in [-0.3, -0.25) is 10.3 Å². The molecule has 1 aliphatic rings. The smallest absolute Gasteiger partial charge is 0.100 e. The van der Waals surface area contributed by atoms with Crippen molar-refractivity contribution in [3.05, 3.63) is 83.9 Å². The minimum Gasteiger partial charge on any atom is -0.308 e. The lowest BCUT2D eigenvalue weighted by molar-refractivity contribution is 0.0143. The fourth-order valence-electron chi connectivity index (χ4n) is 2.85. The molecular formula is C20H18ClN3OS. The van der Waals surface area contributed by atoms with Crippen LogP contribution in [-0.4, -0.2) is 21.4 Å². The molecule has 2 heterocycles. The minimum absolute atomic E-state index is 0.0636. The van der Waals surface area contributed by atoms with E-state index in [9.17, 15) is 0 Å². The van der Waals surface area contributed by atoms with Crippen LogP contribution in [0.5, 0.6) is 0 Å². The van der Waals surface area contributed by atoms with Gasteiger partial charge < -0.3 is 4.57 Å². The summed E-state index contributed by atoms with van der Waals surface area (Å²) in [5.41, 5.74) is 6.27. The number of aromatic nitrogens is 2. The molecule has 1 N–H and O–H groups in total. The predicted octanol–water partition coefficient (Wildman–Crippen LogP) is 4.95. The van der Waals surface area contributed by atoms with Gasteiger partial charge in [0.1, 0.15) is 6.10 Å². The molecule has 1 aliphatic heterocycles. The summed E-state index contributed by atoms with van der Waals surface area (Å²) in [7, 11) is 0. The van der Waals surface area contributed by atoms with Gasteiger partial charge in [-0.1, -0.05) is 41.9 Å². The second-order valence-electron chi connectivity index (χ2n) is 5.97. The lowest BCUT2D eigenvalue weighted by Crippen LogP contribution is -2.32. The third-order valence-corrected chi connectivity index (χ3v) is 5.56. The van der Waals surface area contributed by atoms with Crippen LogP contribution >= 0.6 is 23.4 Å². The molecule has 0 saturated heterocycles. The van der Waals surface area contributed by atoms with E-state index < -0.39 is 0 Å². The number of imidazole rings is 1. The van der Waals surface area contributed by atoms with Crippen molar-refractivity contribution in [2.24, 2.45) is 0 Å². The Hall–Kier alpha value is -2.21. The maximum Gasteiger partial charge on any atom is 0.100 e. The molecule has 0 amide bonds. The predicted molar refractivity (Wildman–Crippen MR) is 107 cm³/mol. The molecule has 1 unspecified atom stereocenters. The van der Waals surface area contributed by atoms with Crippen LogP contribution in [0.4, 0.5) is 0 Å². The van der Waals surface area contributed by atoms with Crippen LogP contribution in [0.2, 0.25) is 5.02 Å². The van der Waals surface area contributed by atoms with Crippen LogP contribution in [0.1, 0.15) is 12.0 Å². The maximum atomic E-state index is 6.02. The third-order valence-electron chi connectivity index (χ3n) is 4.17. The van der Waals surface area contributed by atoms with Crippen molar-refractivity contribution in [1.82, 2.24) is 15.0 Å². The number of halogens is 1. The largest absolute Gasteiger partial charge is 0.308 e. The van der Waals surface area contributed by atoms with Crippen LogP contribution < -0.4 is 5.48 Å². The fraction of sp³-hybridized carbons (Fsp3) is 0.150. The quantitative estimate of drug-likeness (QED) is 0.633. The maximum absolute atomic E-state index is 6.02. The van der Waals surface area contributed by atoms with E-state index >= 15 is 0 Å². The first kappa shape index (κ1) is 17.2. The van der Waals surface area contributed by atoms with Crippen molar-refractivity contribution < 1.29 is 4.84 Å². The number of hydrogen-bond acceptors (Lipinski definition) is 4. The van der Waals surface area contributed by atoms with Gasteiger partial charge in [-0.05, 0) is 24.3 Å². The van der Waals surface area contributed by atoms with Crippen molar-refractivity contribution in [2.45, 2.75) is 17.4 Å². The van der Waals surface area contributed by atoms with E-state index in [1.54, 1.807) is 18.0 Å². The molecule has 2 aromatic carbocycles. The summed E-state index contributed by atoms with van der Waals surface area (Å²) in [5, 5.41) is 0.715. The van der Waals surface area contributed by atoms with Crippen LogP contribution in [0.3, 0.4) is 0 Å². The topological polar surface area (TPSA) is 39.1 Å². The van der Waals surface area contributed by atoms with E-state index in [0.717, 1.165) is 29.1 Å². The lowest BCUT2D eigenvalue weighted by atomic mass is 10.1. The van der Waals surface area contributed by atoms with Gasteiger partial charge in [-0.2, -0.15) is 0 Å². The Balaban J connectivity index is 1.56. The molecule has 1 atom stereocenters. The Kier molecular flexibility index (Phi) is 5.29. The van der Waals surface area contributed by atoms with E-state index in [2.05, 4.69) is 34.7 Å². The van der Waals surface area contributed by atoms with E-state index in [1.165, 1.54) is 4.90 Å². The Morgan fingerprint density at radius 1 is 1.15 bits per heavy atom. The van der Waals surface area contributed by atoms with E-state index in [1.807, 2.05) is 47.4 Å². The number of rotatable bonds is 5. The standard InChI is InChI=1S/C20H18ClN3OS/c21-16-8-6-15(7-9-16)20-19(24-11-10-22-14-24)12-17(25-23-20)13-26-18-4-2-1-3-5-18/h1-11,14,17,23H,12-13H2. The Morgan fingerprint density at radius 2 is 1.96 bits per heavy atom. The molecule has 0 bridgehead atoms. The van der Waals surface area contributed by atoms with Crippen molar-refractivity contribution in [2.75, 3.05) is 5.75 Å². The molecule has 132 valence electrons. The number of hydroxylamine groups is 1. The molecule has 3 aromatic rings. The van der Waals surface area contributed by atoms with Crippen molar-refractivity contribution in [1.29, 1.82) is 0 Å². The van der Waals surface area contributed by atoms with E-state index in [-0.39, 0.29) is 6.10 Å². The van der Waals surface area contributed by atoms with Crippen LogP contribution in [0, 0.1) is 0 Å². The highest BCUT2D eigenvalue weighted by molar-refractivity contribution is 7.99. The van der Waals surface area contributed by atoms with Gasteiger partial charge in [0, 0.05) is 40.0 Å². The Bertz CT molecular complexity index is 879. The third kappa shape index (κ3) is 3.96. The van der Waals surface area contributed by atoms with Gasteiger partial charge in [-0.15, -0.1) is 11.8 Å². The van der Waals surface area contributed by atoms with Gasteiger partial charge in [0.25, 0.3) is 0 Å². The number of nitrogens with one attached hydrogen (secondary N) is 1. The first-order chi connectivity index (χ1) is 12.8. The van der Waals surface area contributed by atoms with E-state index in [4.69, 9.17) is 16.4 Å². The molecule has 0 aliphatic carbocycles. The molecular weight excluding hydrogens is 366 g/mol. The normalized spacial score (nSPS) is 17.2. The van der Waals surface area contributed by atoms with Crippen molar-refractivity contribution in [3.8, 4) is 0 Å².